The molecule has 3 unspecified atom stereocenters. The van der Waals surface area contributed by atoms with Crippen molar-refractivity contribution in [1.29, 1.82) is 0 Å². The number of benzene rings is 1. The summed E-state index contributed by atoms with van der Waals surface area (Å²) in [6.07, 6.45) is 4.22. The van der Waals surface area contributed by atoms with Gasteiger partial charge in [-0.2, -0.15) is 0 Å². The van der Waals surface area contributed by atoms with Crippen LogP contribution in [0.3, 0.4) is 0 Å². The lowest BCUT2D eigenvalue weighted by Gasteiger charge is -2.24. The maximum Gasteiger partial charge on any atom is 0.0702 e. The summed E-state index contributed by atoms with van der Waals surface area (Å²) in [5, 5.41) is 1.16. The van der Waals surface area contributed by atoms with Gasteiger partial charge in [-0.1, -0.05) is 19.1 Å². The normalized spacial score (nSPS) is 24.7. The first-order chi connectivity index (χ1) is 9.29. The predicted molar refractivity (Wildman–Crippen MR) is 76.8 cm³/mol. The smallest absolute Gasteiger partial charge is 0.0702 e. The molecule has 1 saturated heterocycles. The molecular formula is C16H20N2O. The Hall–Kier alpha value is -1.45. The average molecular weight is 256 g/mol. The number of hydrogen-bond donors (Lipinski definition) is 1. The van der Waals surface area contributed by atoms with Crippen LogP contribution in [0.1, 0.15) is 31.4 Å². The molecule has 0 aliphatic carbocycles. The van der Waals surface area contributed by atoms with E-state index in [4.69, 9.17) is 10.5 Å². The van der Waals surface area contributed by atoms with Crippen LogP contribution in [0, 0.1) is 5.92 Å². The van der Waals surface area contributed by atoms with Crippen molar-refractivity contribution in [1.82, 2.24) is 4.98 Å². The highest BCUT2D eigenvalue weighted by Gasteiger charge is 2.32. The van der Waals surface area contributed by atoms with Gasteiger partial charge in [-0.25, -0.2) is 0 Å². The second kappa shape index (κ2) is 5.27. The van der Waals surface area contributed by atoms with Crippen molar-refractivity contribution in [3.63, 3.8) is 0 Å². The predicted octanol–water partition coefficient (Wildman–Crippen LogP) is 3.05. The molecular weight excluding hydrogens is 236 g/mol. The quantitative estimate of drug-likeness (QED) is 0.918. The van der Waals surface area contributed by atoms with Crippen LogP contribution in [0.2, 0.25) is 0 Å². The number of fused-ring (bicyclic) bond motifs is 1. The minimum Gasteiger partial charge on any atom is -0.378 e. The van der Waals surface area contributed by atoms with Crippen LogP contribution in [-0.4, -0.2) is 17.7 Å². The molecule has 1 aliphatic rings. The zero-order valence-corrected chi connectivity index (χ0v) is 11.3. The zero-order valence-electron chi connectivity index (χ0n) is 11.3. The fraction of sp³-hybridized carbons (Fsp3) is 0.438. The van der Waals surface area contributed by atoms with Gasteiger partial charge in [0.25, 0.3) is 0 Å². The fourth-order valence-electron chi connectivity index (χ4n) is 3.05. The third-order valence-electron chi connectivity index (χ3n) is 4.14. The van der Waals surface area contributed by atoms with Crippen molar-refractivity contribution in [2.24, 2.45) is 11.7 Å². The molecule has 0 spiro atoms. The minimum absolute atomic E-state index is 0.0528. The monoisotopic (exact) mass is 256 g/mol. The molecule has 2 N–H and O–H groups in total. The summed E-state index contributed by atoms with van der Waals surface area (Å²) in [6, 6.07) is 10.4. The molecule has 3 rings (SSSR count). The van der Waals surface area contributed by atoms with E-state index in [0.29, 0.717) is 12.0 Å². The van der Waals surface area contributed by atoms with Gasteiger partial charge < -0.3 is 10.5 Å². The van der Waals surface area contributed by atoms with E-state index in [1.165, 1.54) is 5.56 Å². The van der Waals surface area contributed by atoms with Crippen molar-refractivity contribution in [3.05, 3.63) is 42.1 Å². The van der Waals surface area contributed by atoms with E-state index in [0.717, 1.165) is 30.4 Å². The Morgan fingerprint density at radius 2 is 2.32 bits per heavy atom. The first-order valence-electron chi connectivity index (χ1n) is 7.01. The molecule has 0 amide bonds. The lowest BCUT2D eigenvalue weighted by Crippen LogP contribution is -2.27. The molecule has 100 valence electrons. The van der Waals surface area contributed by atoms with E-state index in [2.05, 4.69) is 36.2 Å². The van der Waals surface area contributed by atoms with Crippen LogP contribution in [-0.2, 0) is 4.74 Å². The Kier molecular flexibility index (Phi) is 3.49. The highest BCUT2D eigenvalue weighted by atomic mass is 16.5. The van der Waals surface area contributed by atoms with Gasteiger partial charge in [0, 0.05) is 30.1 Å². The van der Waals surface area contributed by atoms with Gasteiger partial charge in [0.2, 0.25) is 0 Å². The highest BCUT2D eigenvalue weighted by molar-refractivity contribution is 5.79. The number of nitrogens with zero attached hydrogens (tertiary/aromatic N) is 1. The molecule has 0 bridgehead atoms. The second-order valence-corrected chi connectivity index (χ2v) is 5.25. The summed E-state index contributed by atoms with van der Waals surface area (Å²) >= 11 is 0. The Labute approximate surface area is 113 Å². The van der Waals surface area contributed by atoms with Gasteiger partial charge in [0.1, 0.15) is 0 Å². The SMILES string of the molecule is CCC1OCCC1C(N)c1ccc2ncccc2c1. The summed E-state index contributed by atoms with van der Waals surface area (Å²) in [6.45, 7) is 3.01. The third kappa shape index (κ3) is 2.36. The van der Waals surface area contributed by atoms with Gasteiger partial charge in [0.15, 0.2) is 0 Å². The van der Waals surface area contributed by atoms with Crippen LogP contribution >= 0.6 is 0 Å². The van der Waals surface area contributed by atoms with Gasteiger partial charge in [-0.15, -0.1) is 0 Å². The summed E-state index contributed by atoms with van der Waals surface area (Å²) < 4.78 is 5.75. The topological polar surface area (TPSA) is 48.1 Å². The Morgan fingerprint density at radius 3 is 3.16 bits per heavy atom. The third-order valence-corrected chi connectivity index (χ3v) is 4.14. The molecule has 3 heteroatoms. The molecule has 19 heavy (non-hydrogen) atoms. The Morgan fingerprint density at radius 1 is 1.42 bits per heavy atom. The van der Waals surface area contributed by atoms with Crippen molar-refractivity contribution < 1.29 is 4.74 Å². The molecule has 1 aromatic carbocycles. The van der Waals surface area contributed by atoms with Crippen molar-refractivity contribution in [2.45, 2.75) is 31.9 Å². The largest absolute Gasteiger partial charge is 0.378 e. The molecule has 2 aromatic rings. The Bertz CT molecular complexity index is 569. The number of hydrogen-bond acceptors (Lipinski definition) is 3. The lowest BCUT2D eigenvalue weighted by molar-refractivity contribution is 0.0813. The summed E-state index contributed by atoms with van der Waals surface area (Å²) in [5.74, 6) is 0.430. The summed E-state index contributed by atoms with van der Waals surface area (Å²) in [4.78, 5) is 4.34. The van der Waals surface area contributed by atoms with E-state index in [1.54, 1.807) is 0 Å². The minimum atomic E-state index is 0.0528. The van der Waals surface area contributed by atoms with E-state index >= 15 is 0 Å². The van der Waals surface area contributed by atoms with Gasteiger partial charge in [0.05, 0.1) is 11.6 Å². The molecule has 1 aliphatic heterocycles. The van der Waals surface area contributed by atoms with E-state index in [-0.39, 0.29) is 6.04 Å². The van der Waals surface area contributed by atoms with E-state index in [1.807, 2.05) is 12.3 Å². The lowest BCUT2D eigenvalue weighted by atomic mass is 9.87. The van der Waals surface area contributed by atoms with Crippen LogP contribution < -0.4 is 5.73 Å². The first-order valence-corrected chi connectivity index (χ1v) is 7.01. The molecule has 3 atom stereocenters. The van der Waals surface area contributed by atoms with Crippen molar-refractivity contribution in [2.75, 3.05) is 6.61 Å². The van der Waals surface area contributed by atoms with Crippen LogP contribution in [0.4, 0.5) is 0 Å². The van der Waals surface area contributed by atoms with E-state index in [9.17, 15) is 0 Å². The molecule has 1 aromatic heterocycles. The zero-order chi connectivity index (χ0) is 13.2. The number of aromatic nitrogens is 1. The van der Waals surface area contributed by atoms with Gasteiger partial charge >= 0.3 is 0 Å². The molecule has 2 heterocycles. The molecule has 3 nitrogen and oxygen atoms in total. The fourth-order valence-corrected chi connectivity index (χ4v) is 3.05. The second-order valence-electron chi connectivity index (χ2n) is 5.25. The number of pyridine rings is 1. The number of ether oxygens (including phenoxy) is 1. The van der Waals surface area contributed by atoms with Crippen LogP contribution in [0.5, 0.6) is 0 Å². The summed E-state index contributed by atoms with van der Waals surface area (Å²) in [7, 11) is 0. The molecule has 0 radical (unpaired) electrons. The van der Waals surface area contributed by atoms with Crippen molar-refractivity contribution >= 4 is 10.9 Å². The Balaban J connectivity index is 1.90. The number of nitrogens with two attached hydrogens (primary N) is 1. The van der Waals surface area contributed by atoms with E-state index < -0.39 is 0 Å². The maximum atomic E-state index is 6.46. The maximum absolute atomic E-state index is 6.46. The van der Waals surface area contributed by atoms with Gasteiger partial charge in [-0.05, 0) is 36.6 Å². The van der Waals surface area contributed by atoms with Crippen LogP contribution in [0.25, 0.3) is 10.9 Å². The molecule has 0 saturated carbocycles. The number of rotatable bonds is 3. The first kappa shape index (κ1) is 12.6. The average Bonchev–Trinajstić information content (AvgIpc) is 2.94. The molecule has 1 fully saturated rings. The van der Waals surface area contributed by atoms with Crippen molar-refractivity contribution in [3.8, 4) is 0 Å². The van der Waals surface area contributed by atoms with Crippen LogP contribution in [0.15, 0.2) is 36.5 Å². The van der Waals surface area contributed by atoms with Gasteiger partial charge in [-0.3, -0.25) is 4.98 Å². The standard InChI is InChI=1S/C16H20N2O/c1-2-15-13(7-9-19-15)16(17)12-5-6-14-11(10-12)4-3-8-18-14/h3-6,8,10,13,15-16H,2,7,9,17H2,1H3. The summed E-state index contributed by atoms with van der Waals surface area (Å²) in [5.41, 5.74) is 8.67. The highest BCUT2D eigenvalue weighted by Crippen LogP contribution is 2.34.